The lowest BCUT2D eigenvalue weighted by Crippen LogP contribution is -1.97. The molecule has 322 valence electrons. The molecule has 10 rings (SSSR count). The SMILES string of the molecule is CCOc1cc2c(cc1OC)c1ccccc1n2-c1ccccc1.CCOc1cc2c(cc1OC)c1ccccc1n2C.CCOc1cc2c(cc1OC)c1ccccc1n2CC. The molecule has 0 aliphatic rings. The summed E-state index contributed by atoms with van der Waals surface area (Å²) in [5.41, 5.74) is 8.25. The first kappa shape index (κ1) is 42.4. The molecule has 9 heteroatoms. The average Bonchev–Trinajstić information content (AvgIpc) is 3.92. The topological polar surface area (TPSA) is 70.2 Å². The van der Waals surface area contributed by atoms with E-state index < -0.39 is 0 Å². The molecule has 7 aromatic carbocycles. The lowest BCUT2D eigenvalue weighted by Gasteiger charge is -2.11. The fourth-order valence-electron chi connectivity index (χ4n) is 8.68. The molecule has 0 N–H and O–H groups in total. The molecule has 0 fully saturated rings. The summed E-state index contributed by atoms with van der Waals surface area (Å²) >= 11 is 0. The molecule has 0 aliphatic carbocycles. The number of benzene rings is 7. The average molecular weight is 842 g/mol. The minimum absolute atomic E-state index is 0.605. The van der Waals surface area contributed by atoms with Gasteiger partial charge < -0.3 is 42.1 Å². The van der Waals surface area contributed by atoms with Crippen LogP contribution in [0.25, 0.3) is 71.1 Å². The van der Waals surface area contributed by atoms with Gasteiger partial charge in [0.05, 0.1) is 63.2 Å². The highest BCUT2D eigenvalue weighted by Gasteiger charge is 2.18. The Morgan fingerprint density at radius 3 is 1.27 bits per heavy atom. The lowest BCUT2D eigenvalue weighted by molar-refractivity contribution is 0.311. The van der Waals surface area contributed by atoms with Crippen LogP contribution in [0.5, 0.6) is 34.5 Å². The molecule has 10 aromatic rings. The Labute approximate surface area is 368 Å². The van der Waals surface area contributed by atoms with Crippen molar-refractivity contribution in [3.8, 4) is 40.2 Å². The second-order valence-corrected chi connectivity index (χ2v) is 14.9. The van der Waals surface area contributed by atoms with Gasteiger partial charge in [-0.2, -0.15) is 0 Å². The maximum absolute atomic E-state index is 5.78. The maximum atomic E-state index is 5.78. The van der Waals surface area contributed by atoms with Crippen molar-refractivity contribution in [1.82, 2.24) is 13.7 Å². The molecule has 9 nitrogen and oxygen atoms in total. The van der Waals surface area contributed by atoms with Crippen molar-refractivity contribution in [3.63, 3.8) is 0 Å². The number of rotatable bonds is 11. The fraction of sp³-hybridized carbons (Fsp3) is 0.222. The molecule has 0 atom stereocenters. The Morgan fingerprint density at radius 2 is 0.762 bits per heavy atom. The van der Waals surface area contributed by atoms with Crippen molar-refractivity contribution < 1.29 is 28.4 Å². The van der Waals surface area contributed by atoms with Crippen LogP contribution in [0, 0.1) is 0 Å². The van der Waals surface area contributed by atoms with Gasteiger partial charge in [-0.1, -0.05) is 72.8 Å². The van der Waals surface area contributed by atoms with Crippen molar-refractivity contribution in [2.75, 3.05) is 41.2 Å². The van der Waals surface area contributed by atoms with Gasteiger partial charge in [-0.3, -0.25) is 0 Å². The van der Waals surface area contributed by atoms with Crippen molar-refractivity contribution >= 4 is 65.4 Å². The number of para-hydroxylation sites is 4. The normalized spacial score (nSPS) is 11.1. The van der Waals surface area contributed by atoms with Crippen LogP contribution >= 0.6 is 0 Å². The highest BCUT2D eigenvalue weighted by molar-refractivity contribution is 6.11. The highest BCUT2D eigenvalue weighted by Crippen LogP contribution is 2.41. The first-order valence-corrected chi connectivity index (χ1v) is 21.6. The van der Waals surface area contributed by atoms with Crippen LogP contribution < -0.4 is 28.4 Å². The number of hydrogen-bond acceptors (Lipinski definition) is 6. The lowest BCUT2D eigenvalue weighted by atomic mass is 10.1. The Kier molecular flexibility index (Phi) is 12.7. The van der Waals surface area contributed by atoms with E-state index in [1.807, 2.05) is 26.8 Å². The summed E-state index contributed by atoms with van der Waals surface area (Å²) in [7, 11) is 7.12. The minimum atomic E-state index is 0.605. The van der Waals surface area contributed by atoms with Crippen molar-refractivity contribution in [2.45, 2.75) is 34.2 Å². The van der Waals surface area contributed by atoms with E-state index in [9.17, 15) is 0 Å². The zero-order valence-corrected chi connectivity index (χ0v) is 37.4. The van der Waals surface area contributed by atoms with Crippen molar-refractivity contribution in [3.05, 3.63) is 140 Å². The van der Waals surface area contributed by atoms with E-state index in [1.165, 1.54) is 49.0 Å². The molecular formula is C54H55N3O6. The molecule has 0 unspecified atom stereocenters. The van der Waals surface area contributed by atoms with Gasteiger partial charge >= 0.3 is 0 Å². The van der Waals surface area contributed by atoms with E-state index in [2.05, 4.69) is 161 Å². The summed E-state index contributed by atoms with van der Waals surface area (Å²) in [5.74, 6) is 4.71. The Hall–Kier alpha value is -7.26. The third kappa shape index (κ3) is 7.91. The molecule has 0 radical (unpaired) electrons. The van der Waals surface area contributed by atoms with E-state index in [0.717, 1.165) is 63.1 Å². The van der Waals surface area contributed by atoms with E-state index in [4.69, 9.17) is 28.4 Å². The van der Waals surface area contributed by atoms with E-state index in [1.54, 1.807) is 21.3 Å². The first-order valence-electron chi connectivity index (χ1n) is 21.6. The molecule has 0 spiro atoms. The molecule has 0 amide bonds. The van der Waals surface area contributed by atoms with Crippen LogP contribution in [0.3, 0.4) is 0 Å². The maximum Gasteiger partial charge on any atom is 0.163 e. The number of aromatic nitrogens is 3. The number of nitrogens with zero attached hydrogens (tertiary/aromatic N) is 3. The van der Waals surface area contributed by atoms with Gasteiger partial charge in [-0.15, -0.1) is 0 Å². The first-order chi connectivity index (χ1) is 30.9. The number of hydrogen-bond donors (Lipinski definition) is 0. The standard InChI is InChI=1S/C21H19NO2.C17H19NO2.C16H17NO2/c1-3-24-21-14-19-17(13-20(21)23-2)16-11-7-8-12-18(16)22(19)15-9-5-4-6-10-15;1-4-18-14-9-7-6-8-12(14)13-10-16(19-3)17(20-5-2)11-15(13)18;1-4-19-16-10-14-12(9-15(16)18-3)11-7-5-6-8-13(11)17(14)2/h4-14H,3H2,1-2H3;6-11H,4-5H2,1-3H3;5-10H,4H2,1-3H3. The van der Waals surface area contributed by atoms with Gasteiger partial charge in [-0.05, 0) is 76.2 Å². The summed E-state index contributed by atoms with van der Waals surface area (Å²) in [6.07, 6.45) is 0. The summed E-state index contributed by atoms with van der Waals surface area (Å²) in [6.45, 7) is 10.9. The monoisotopic (exact) mass is 841 g/mol. The number of methoxy groups -OCH3 is 3. The molecule has 3 heterocycles. The highest BCUT2D eigenvalue weighted by atomic mass is 16.5. The molecule has 0 saturated carbocycles. The zero-order valence-electron chi connectivity index (χ0n) is 37.4. The Balaban J connectivity index is 0.000000131. The fourth-order valence-corrected chi connectivity index (χ4v) is 8.68. The molecule has 0 saturated heterocycles. The summed E-state index contributed by atoms with van der Waals surface area (Å²) < 4.78 is 40.3. The van der Waals surface area contributed by atoms with Crippen LogP contribution in [-0.4, -0.2) is 54.9 Å². The third-order valence-corrected chi connectivity index (χ3v) is 11.4. The third-order valence-electron chi connectivity index (χ3n) is 11.4. The predicted molar refractivity (Wildman–Crippen MR) is 259 cm³/mol. The van der Waals surface area contributed by atoms with Crippen LogP contribution in [0.2, 0.25) is 0 Å². The zero-order chi connectivity index (χ0) is 44.0. The predicted octanol–water partition coefficient (Wildman–Crippen LogP) is 13.2. The molecule has 63 heavy (non-hydrogen) atoms. The van der Waals surface area contributed by atoms with Gasteiger partial charge in [-0.25, -0.2) is 0 Å². The molecule has 0 bridgehead atoms. The van der Waals surface area contributed by atoms with Crippen LogP contribution in [0.15, 0.2) is 140 Å². The number of ether oxygens (including phenoxy) is 6. The quantitative estimate of drug-likeness (QED) is 0.129. The van der Waals surface area contributed by atoms with Gasteiger partial charge in [0, 0.05) is 80.8 Å². The summed E-state index contributed by atoms with van der Waals surface area (Å²) in [5, 5.41) is 7.26. The number of fused-ring (bicyclic) bond motifs is 9. The van der Waals surface area contributed by atoms with E-state index in [0.29, 0.717) is 19.8 Å². The van der Waals surface area contributed by atoms with E-state index >= 15 is 0 Å². The Bertz CT molecular complexity index is 3180. The van der Waals surface area contributed by atoms with E-state index in [-0.39, 0.29) is 0 Å². The van der Waals surface area contributed by atoms with Crippen LogP contribution in [0.4, 0.5) is 0 Å². The van der Waals surface area contributed by atoms with Crippen molar-refractivity contribution in [1.29, 1.82) is 0 Å². The number of aryl methyl sites for hydroxylation is 2. The van der Waals surface area contributed by atoms with Crippen molar-refractivity contribution in [2.24, 2.45) is 7.05 Å². The smallest absolute Gasteiger partial charge is 0.163 e. The van der Waals surface area contributed by atoms with Crippen LogP contribution in [0.1, 0.15) is 27.7 Å². The molecule has 3 aromatic heterocycles. The van der Waals surface area contributed by atoms with Gasteiger partial charge in [0.2, 0.25) is 0 Å². The second-order valence-electron chi connectivity index (χ2n) is 14.9. The Morgan fingerprint density at radius 1 is 0.365 bits per heavy atom. The summed E-state index contributed by atoms with van der Waals surface area (Å²) in [4.78, 5) is 0. The minimum Gasteiger partial charge on any atom is -0.493 e. The molecule has 0 aliphatic heterocycles. The van der Waals surface area contributed by atoms with Gasteiger partial charge in [0.25, 0.3) is 0 Å². The van der Waals surface area contributed by atoms with Gasteiger partial charge in [0.1, 0.15) is 0 Å². The van der Waals surface area contributed by atoms with Gasteiger partial charge in [0.15, 0.2) is 34.5 Å². The molecular weight excluding hydrogens is 787 g/mol. The largest absolute Gasteiger partial charge is 0.493 e. The summed E-state index contributed by atoms with van der Waals surface area (Å²) in [6, 6.07) is 48.1. The second kappa shape index (κ2) is 18.8. The van der Waals surface area contributed by atoms with Crippen LogP contribution in [-0.2, 0) is 13.6 Å².